The highest BCUT2D eigenvalue weighted by molar-refractivity contribution is 7.15. The highest BCUT2D eigenvalue weighted by Gasteiger charge is 2.19. The second-order valence-corrected chi connectivity index (χ2v) is 5.54. The molecule has 0 aliphatic rings. The number of thiophene rings is 1. The highest BCUT2D eigenvalue weighted by atomic mass is 32.1. The van der Waals surface area contributed by atoms with Crippen LogP contribution in [0.25, 0.3) is 0 Å². The number of aromatic carboxylic acids is 1. The van der Waals surface area contributed by atoms with Gasteiger partial charge in [-0.15, -0.1) is 11.3 Å². The molecular formula is C13H19NO4S. The molecule has 1 amide bonds. The maximum Gasteiger partial charge on any atom is 0.345 e. The first-order valence-corrected chi connectivity index (χ1v) is 6.99. The smallest absolute Gasteiger partial charge is 0.345 e. The van der Waals surface area contributed by atoms with Gasteiger partial charge in [0.2, 0.25) is 0 Å². The van der Waals surface area contributed by atoms with Crippen molar-refractivity contribution in [2.45, 2.75) is 26.8 Å². The van der Waals surface area contributed by atoms with Crippen molar-refractivity contribution < 1.29 is 19.4 Å². The second kappa shape index (κ2) is 7.25. The van der Waals surface area contributed by atoms with Crippen LogP contribution < -0.4 is 5.32 Å². The topological polar surface area (TPSA) is 75.6 Å². The molecular weight excluding hydrogens is 266 g/mol. The van der Waals surface area contributed by atoms with E-state index in [4.69, 9.17) is 9.84 Å². The summed E-state index contributed by atoms with van der Waals surface area (Å²) in [7, 11) is 0. The van der Waals surface area contributed by atoms with Crippen molar-refractivity contribution in [2.24, 2.45) is 5.92 Å². The summed E-state index contributed by atoms with van der Waals surface area (Å²) in [5.41, 5.74) is 0. The van der Waals surface area contributed by atoms with Crippen LogP contribution in [0.3, 0.4) is 0 Å². The molecule has 1 rings (SSSR count). The lowest BCUT2D eigenvalue weighted by molar-refractivity contribution is 0.0702. The van der Waals surface area contributed by atoms with E-state index in [-0.39, 0.29) is 22.7 Å². The molecule has 1 atom stereocenters. The minimum absolute atomic E-state index is 0.0807. The summed E-state index contributed by atoms with van der Waals surface area (Å²) in [5.74, 6) is -1.02. The number of hydrogen-bond acceptors (Lipinski definition) is 4. The Labute approximate surface area is 116 Å². The molecule has 2 N–H and O–H groups in total. The first-order chi connectivity index (χ1) is 8.95. The molecule has 0 spiro atoms. The number of amides is 1. The molecule has 19 heavy (non-hydrogen) atoms. The highest BCUT2D eigenvalue weighted by Crippen LogP contribution is 2.17. The number of carbonyl (C=O) groups is 2. The third kappa shape index (κ3) is 4.65. The molecule has 0 radical (unpaired) electrons. The van der Waals surface area contributed by atoms with Crippen LogP contribution >= 0.6 is 11.3 Å². The molecule has 0 fully saturated rings. The van der Waals surface area contributed by atoms with E-state index in [9.17, 15) is 9.59 Å². The fourth-order valence-electron chi connectivity index (χ4n) is 1.46. The van der Waals surface area contributed by atoms with Crippen molar-refractivity contribution in [3.05, 3.63) is 21.9 Å². The number of ether oxygens (including phenoxy) is 1. The minimum atomic E-state index is -1.02. The summed E-state index contributed by atoms with van der Waals surface area (Å²) < 4.78 is 5.33. The molecule has 0 aliphatic heterocycles. The van der Waals surface area contributed by atoms with E-state index >= 15 is 0 Å². The predicted molar refractivity (Wildman–Crippen MR) is 73.9 cm³/mol. The number of carboxylic acid groups (broad SMARTS) is 1. The molecule has 1 aromatic rings. The third-order valence-electron chi connectivity index (χ3n) is 2.66. The number of carboxylic acids is 1. The third-order valence-corrected chi connectivity index (χ3v) is 3.74. The van der Waals surface area contributed by atoms with Crippen molar-refractivity contribution in [3.63, 3.8) is 0 Å². The van der Waals surface area contributed by atoms with Crippen LogP contribution in [0.1, 0.15) is 40.1 Å². The maximum atomic E-state index is 12.0. The zero-order valence-corrected chi connectivity index (χ0v) is 12.1. The Morgan fingerprint density at radius 2 is 2.00 bits per heavy atom. The SMILES string of the molecule is CCOCC(NC(=O)c1ccc(C(=O)O)s1)C(C)C. The summed E-state index contributed by atoms with van der Waals surface area (Å²) in [6.07, 6.45) is 0. The zero-order chi connectivity index (χ0) is 14.4. The van der Waals surface area contributed by atoms with E-state index in [0.29, 0.717) is 18.1 Å². The maximum absolute atomic E-state index is 12.0. The van der Waals surface area contributed by atoms with Crippen molar-refractivity contribution in [1.29, 1.82) is 0 Å². The van der Waals surface area contributed by atoms with Gasteiger partial charge in [0, 0.05) is 6.61 Å². The Morgan fingerprint density at radius 1 is 1.37 bits per heavy atom. The number of carbonyl (C=O) groups excluding carboxylic acids is 1. The van der Waals surface area contributed by atoms with Crippen LogP contribution in [-0.4, -0.2) is 36.2 Å². The lowest BCUT2D eigenvalue weighted by Gasteiger charge is -2.21. The minimum Gasteiger partial charge on any atom is -0.477 e. The summed E-state index contributed by atoms with van der Waals surface area (Å²) in [5, 5.41) is 11.7. The summed E-state index contributed by atoms with van der Waals surface area (Å²) in [4.78, 5) is 23.3. The molecule has 0 aliphatic carbocycles. The Kier molecular flexibility index (Phi) is 5.98. The molecule has 0 saturated heterocycles. The van der Waals surface area contributed by atoms with Gasteiger partial charge in [0.05, 0.1) is 17.5 Å². The van der Waals surface area contributed by atoms with Crippen LogP contribution in [0.4, 0.5) is 0 Å². The fraction of sp³-hybridized carbons (Fsp3) is 0.538. The van der Waals surface area contributed by atoms with Crippen molar-refractivity contribution in [1.82, 2.24) is 5.32 Å². The molecule has 1 unspecified atom stereocenters. The Bertz CT molecular complexity index is 442. The molecule has 0 bridgehead atoms. The second-order valence-electron chi connectivity index (χ2n) is 4.45. The van der Waals surface area contributed by atoms with Gasteiger partial charge in [-0.2, -0.15) is 0 Å². The van der Waals surface area contributed by atoms with Crippen LogP contribution in [-0.2, 0) is 4.74 Å². The van der Waals surface area contributed by atoms with E-state index in [0.717, 1.165) is 11.3 Å². The van der Waals surface area contributed by atoms with Gasteiger partial charge in [0.15, 0.2) is 0 Å². The van der Waals surface area contributed by atoms with Gasteiger partial charge in [-0.1, -0.05) is 13.8 Å². The van der Waals surface area contributed by atoms with Gasteiger partial charge >= 0.3 is 5.97 Å². The van der Waals surface area contributed by atoms with E-state index in [1.807, 2.05) is 20.8 Å². The average Bonchev–Trinajstić information content (AvgIpc) is 2.83. The Morgan fingerprint density at radius 3 is 2.47 bits per heavy atom. The summed E-state index contributed by atoms with van der Waals surface area (Å²) in [6, 6.07) is 2.89. The van der Waals surface area contributed by atoms with E-state index in [1.165, 1.54) is 12.1 Å². The zero-order valence-electron chi connectivity index (χ0n) is 11.3. The fourth-order valence-corrected chi connectivity index (χ4v) is 2.21. The van der Waals surface area contributed by atoms with Gasteiger partial charge in [-0.25, -0.2) is 4.79 Å². The van der Waals surface area contributed by atoms with E-state index in [2.05, 4.69) is 5.32 Å². The lowest BCUT2D eigenvalue weighted by Crippen LogP contribution is -2.41. The van der Waals surface area contributed by atoms with Gasteiger partial charge in [-0.05, 0) is 25.0 Å². The van der Waals surface area contributed by atoms with Crippen molar-refractivity contribution >= 4 is 23.2 Å². The Balaban J connectivity index is 2.67. The van der Waals surface area contributed by atoms with Gasteiger partial charge < -0.3 is 15.2 Å². The normalized spacial score (nSPS) is 12.4. The first-order valence-electron chi connectivity index (χ1n) is 6.17. The van der Waals surface area contributed by atoms with Gasteiger partial charge in [-0.3, -0.25) is 4.79 Å². The molecule has 5 nitrogen and oxygen atoms in total. The van der Waals surface area contributed by atoms with Gasteiger partial charge in [0.25, 0.3) is 5.91 Å². The van der Waals surface area contributed by atoms with Crippen LogP contribution in [0, 0.1) is 5.92 Å². The molecule has 6 heteroatoms. The number of nitrogens with one attached hydrogen (secondary N) is 1. The van der Waals surface area contributed by atoms with Gasteiger partial charge in [0.1, 0.15) is 4.88 Å². The largest absolute Gasteiger partial charge is 0.477 e. The monoisotopic (exact) mass is 285 g/mol. The quantitative estimate of drug-likeness (QED) is 0.805. The standard InChI is InChI=1S/C13H19NO4S/c1-4-18-7-9(8(2)3)14-12(15)10-5-6-11(19-10)13(16)17/h5-6,8-9H,4,7H2,1-3H3,(H,14,15)(H,16,17). The number of hydrogen-bond donors (Lipinski definition) is 2. The van der Waals surface area contributed by atoms with Crippen LogP contribution in [0.5, 0.6) is 0 Å². The molecule has 0 saturated carbocycles. The van der Waals surface area contributed by atoms with E-state index < -0.39 is 5.97 Å². The summed E-state index contributed by atoms with van der Waals surface area (Å²) >= 11 is 0.974. The summed E-state index contributed by atoms with van der Waals surface area (Å²) in [6.45, 7) is 6.96. The van der Waals surface area contributed by atoms with Crippen molar-refractivity contribution in [2.75, 3.05) is 13.2 Å². The van der Waals surface area contributed by atoms with E-state index in [1.54, 1.807) is 0 Å². The molecule has 1 heterocycles. The number of rotatable bonds is 7. The molecule has 106 valence electrons. The average molecular weight is 285 g/mol. The predicted octanol–water partition coefficient (Wildman–Crippen LogP) is 2.24. The molecule has 0 aromatic carbocycles. The lowest BCUT2D eigenvalue weighted by atomic mass is 10.1. The molecule has 1 aromatic heterocycles. The van der Waals surface area contributed by atoms with Crippen LogP contribution in [0.2, 0.25) is 0 Å². The van der Waals surface area contributed by atoms with Crippen LogP contribution in [0.15, 0.2) is 12.1 Å². The first kappa shape index (κ1) is 15.7. The Hall–Kier alpha value is -1.40. The van der Waals surface area contributed by atoms with Crippen molar-refractivity contribution in [3.8, 4) is 0 Å².